The Morgan fingerprint density at radius 2 is 2.15 bits per heavy atom. The summed E-state index contributed by atoms with van der Waals surface area (Å²) in [6, 6.07) is 5.12. The van der Waals surface area contributed by atoms with Gasteiger partial charge in [-0.25, -0.2) is 4.39 Å². The first-order chi connectivity index (χ1) is 12.4. The average molecular weight is 366 g/mol. The zero-order valence-corrected chi connectivity index (χ0v) is 15.7. The van der Waals surface area contributed by atoms with Gasteiger partial charge < -0.3 is 19.1 Å². The molecule has 2 fully saturated rings. The van der Waals surface area contributed by atoms with Crippen molar-refractivity contribution < 1.29 is 23.4 Å². The van der Waals surface area contributed by atoms with Gasteiger partial charge in [-0.2, -0.15) is 0 Å². The van der Waals surface area contributed by atoms with Crippen molar-refractivity contribution in [1.29, 1.82) is 0 Å². The monoisotopic (exact) mass is 366 g/mol. The van der Waals surface area contributed by atoms with E-state index >= 15 is 0 Å². The third-order valence-electron chi connectivity index (χ3n) is 4.94. The molecule has 7 heteroatoms. The summed E-state index contributed by atoms with van der Waals surface area (Å²) in [5.41, 5.74) is 0.339. The van der Waals surface area contributed by atoms with Crippen LogP contribution in [0.5, 0.6) is 5.75 Å². The Morgan fingerprint density at radius 3 is 2.85 bits per heavy atom. The smallest absolute Gasteiger partial charge is 0.248 e. The summed E-state index contributed by atoms with van der Waals surface area (Å²) < 4.78 is 30.6. The minimum absolute atomic E-state index is 0.00479. The summed E-state index contributed by atoms with van der Waals surface area (Å²) in [5.74, 6) is -0.118. The molecule has 0 radical (unpaired) electrons. The first-order valence-electron chi connectivity index (χ1n) is 8.98. The summed E-state index contributed by atoms with van der Waals surface area (Å²) in [6.07, 6.45) is 0. The Labute approximate surface area is 153 Å². The molecule has 144 valence electrons. The molecule has 0 N–H and O–H groups in total. The average Bonchev–Trinajstić information content (AvgIpc) is 2.75. The highest BCUT2D eigenvalue weighted by Gasteiger charge is 2.42. The number of benzene rings is 1. The van der Waals surface area contributed by atoms with E-state index in [9.17, 15) is 9.18 Å². The second-order valence-corrected chi connectivity index (χ2v) is 7.32. The fourth-order valence-electron chi connectivity index (χ4n) is 3.63. The number of morpholine rings is 1. The zero-order chi connectivity index (χ0) is 18.7. The fraction of sp³-hybridized carbons (Fsp3) is 0.632. The number of carbonyl (C=O) groups excluding carboxylic acids is 1. The van der Waals surface area contributed by atoms with Crippen molar-refractivity contribution in [1.82, 2.24) is 9.80 Å². The van der Waals surface area contributed by atoms with Gasteiger partial charge in [0.05, 0.1) is 26.9 Å². The minimum Gasteiger partial charge on any atom is -0.494 e. The number of hydrogen-bond donors (Lipinski definition) is 0. The molecule has 26 heavy (non-hydrogen) atoms. The summed E-state index contributed by atoms with van der Waals surface area (Å²) in [7, 11) is 1.46. The van der Waals surface area contributed by atoms with E-state index in [4.69, 9.17) is 14.2 Å². The molecule has 0 saturated carbocycles. The zero-order valence-electron chi connectivity index (χ0n) is 15.7. The molecule has 1 amide bonds. The van der Waals surface area contributed by atoms with Crippen LogP contribution in [-0.4, -0.2) is 73.9 Å². The molecule has 0 aromatic heterocycles. The molecule has 1 aromatic carbocycles. The van der Waals surface area contributed by atoms with Gasteiger partial charge in [-0.15, -0.1) is 0 Å². The SMILES string of the molecule is COc1ccc(CN2CCOC3(COCC(=O)N(C(C)C)C3)C2)cc1F. The molecule has 1 unspecified atom stereocenters. The number of amides is 1. The van der Waals surface area contributed by atoms with Crippen LogP contribution in [0, 0.1) is 5.82 Å². The van der Waals surface area contributed by atoms with Gasteiger partial charge in [0.15, 0.2) is 11.6 Å². The number of carbonyl (C=O) groups is 1. The van der Waals surface area contributed by atoms with Crippen molar-refractivity contribution in [3.05, 3.63) is 29.6 Å². The Hall–Kier alpha value is -1.70. The Balaban J connectivity index is 1.71. The second-order valence-electron chi connectivity index (χ2n) is 7.32. The predicted octanol–water partition coefficient (Wildman–Crippen LogP) is 1.67. The van der Waals surface area contributed by atoms with Crippen LogP contribution in [0.3, 0.4) is 0 Å². The largest absolute Gasteiger partial charge is 0.494 e. The van der Waals surface area contributed by atoms with Gasteiger partial charge in [0.2, 0.25) is 5.91 Å². The maximum Gasteiger partial charge on any atom is 0.248 e. The van der Waals surface area contributed by atoms with Crippen molar-refractivity contribution in [3.8, 4) is 5.75 Å². The van der Waals surface area contributed by atoms with E-state index in [1.54, 1.807) is 6.07 Å². The lowest BCUT2D eigenvalue weighted by Gasteiger charge is -2.44. The van der Waals surface area contributed by atoms with E-state index in [-0.39, 0.29) is 30.1 Å². The highest BCUT2D eigenvalue weighted by molar-refractivity contribution is 5.78. The number of hydrogen-bond acceptors (Lipinski definition) is 5. The number of ether oxygens (including phenoxy) is 3. The lowest BCUT2D eigenvalue weighted by atomic mass is 10.0. The van der Waals surface area contributed by atoms with Gasteiger partial charge in [0.25, 0.3) is 0 Å². The standard InChI is InChI=1S/C19H27FN2O4/c1-14(2)22-12-19(13-25-10-18(22)23)11-21(6-7-26-19)9-15-4-5-17(24-3)16(20)8-15/h4-5,8,14H,6-7,9-13H2,1-3H3. The van der Waals surface area contributed by atoms with Crippen molar-refractivity contribution in [2.24, 2.45) is 0 Å². The molecular weight excluding hydrogens is 339 g/mol. The molecule has 1 atom stereocenters. The molecule has 6 nitrogen and oxygen atoms in total. The van der Waals surface area contributed by atoms with Gasteiger partial charge >= 0.3 is 0 Å². The highest BCUT2D eigenvalue weighted by Crippen LogP contribution is 2.26. The Kier molecular flexibility index (Phi) is 5.79. The number of rotatable bonds is 4. The summed E-state index contributed by atoms with van der Waals surface area (Å²) in [5, 5.41) is 0. The molecule has 2 heterocycles. The van der Waals surface area contributed by atoms with E-state index in [1.165, 1.54) is 13.2 Å². The highest BCUT2D eigenvalue weighted by atomic mass is 19.1. The Morgan fingerprint density at radius 1 is 1.35 bits per heavy atom. The quantitative estimate of drug-likeness (QED) is 0.811. The van der Waals surface area contributed by atoms with Crippen LogP contribution in [0.25, 0.3) is 0 Å². The van der Waals surface area contributed by atoms with E-state index < -0.39 is 5.60 Å². The fourth-order valence-corrected chi connectivity index (χ4v) is 3.63. The van der Waals surface area contributed by atoms with E-state index in [0.717, 1.165) is 12.1 Å². The number of halogens is 1. The molecule has 2 aliphatic heterocycles. The molecule has 1 aromatic rings. The predicted molar refractivity (Wildman–Crippen MR) is 94.6 cm³/mol. The molecule has 3 rings (SSSR count). The molecule has 2 aliphatic rings. The van der Waals surface area contributed by atoms with Crippen molar-refractivity contribution in [3.63, 3.8) is 0 Å². The maximum absolute atomic E-state index is 14.0. The maximum atomic E-state index is 14.0. The van der Waals surface area contributed by atoms with Crippen LogP contribution in [0.15, 0.2) is 18.2 Å². The number of nitrogens with zero attached hydrogens (tertiary/aromatic N) is 2. The molecule has 0 aliphatic carbocycles. The first-order valence-corrected chi connectivity index (χ1v) is 8.98. The summed E-state index contributed by atoms with van der Waals surface area (Å²) in [4.78, 5) is 16.3. The van der Waals surface area contributed by atoms with Crippen molar-refractivity contribution in [2.75, 3.05) is 46.6 Å². The Bertz CT molecular complexity index is 654. The van der Waals surface area contributed by atoms with Crippen LogP contribution in [-0.2, 0) is 20.8 Å². The molecule has 0 bridgehead atoms. The van der Waals surface area contributed by atoms with Gasteiger partial charge in [-0.3, -0.25) is 9.69 Å². The van der Waals surface area contributed by atoms with E-state index in [1.807, 2.05) is 24.8 Å². The van der Waals surface area contributed by atoms with Gasteiger partial charge in [0.1, 0.15) is 12.2 Å². The molecule has 1 spiro atoms. The normalized spacial score (nSPS) is 25.0. The van der Waals surface area contributed by atoms with Crippen LogP contribution in [0.1, 0.15) is 19.4 Å². The van der Waals surface area contributed by atoms with Gasteiger partial charge in [-0.1, -0.05) is 6.07 Å². The molecular formula is C19H27FN2O4. The topological polar surface area (TPSA) is 51.2 Å². The second kappa shape index (κ2) is 7.90. The number of methoxy groups -OCH3 is 1. The summed E-state index contributed by atoms with van der Waals surface area (Å²) >= 11 is 0. The van der Waals surface area contributed by atoms with E-state index in [0.29, 0.717) is 32.8 Å². The summed E-state index contributed by atoms with van der Waals surface area (Å²) in [6.45, 7) is 7.54. The van der Waals surface area contributed by atoms with Crippen molar-refractivity contribution in [2.45, 2.75) is 32.0 Å². The van der Waals surface area contributed by atoms with Crippen LogP contribution in [0.4, 0.5) is 4.39 Å². The lowest BCUT2D eigenvalue weighted by molar-refractivity contribution is -0.147. The van der Waals surface area contributed by atoms with Crippen LogP contribution >= 0.6 is 0 Å². The van der Waals surface area contributed by atoms with Gasteiger partial charge in [-0.05, 0) is 31.5 Å². The lowest BCUT2D eigenvalue weighted by Crippen LogP contribution is -2.59. The third-order valence-corrected chi connectivity index (χ3v) is 4.94. The van der Waals surface area contributed by atoms with Crippen molar-refractivity contribution >= 4 is 5.91 Å². The van der Waals surface area contributed by atoms with E-state index in [2.05, 4.69) is 4.90 Å². The van der Waals surface area contributed by atoms with Crippen LogP contribution < -0.4 is 4.74 Å². The minimum atomic E-state index is -0.542. The van der Waals surface area contributed by atoms with Crippen LogP contribution in [0.2, 0.25) is 0 Å². The third kappa shape index (κ3) is 4.16. The van der Waals surface area contributed by atoms with Gasteiger partial charge in [0, 0.05) is 25.7 Å². The molecule has 2 saturated heterocycles. The first kappa shape index (κ1) is 19.1.